The molecule has 92 heavy (non-hydrogen) atoms. The van der Waals surface area contributed by atoms with Gasteiger partial charge < -0.3 is 48.7 Å². The first kappa shape index (κ1) is 63.2. The second kappa shape index (κ2) is 28.7. The van der Waals surface area contributed by atoms with Gasteiger partial charge >= 0.3 is 0 Å². The molecule has 0 spiro atoms. The molecule has 7 aromatic rings. The summed E-state index contributed by atoms with van der Waals surface area (Å²) in [5, 5.41) is 19.1. The van der Waals surface area contributed by atoms with Gasteiger partial charge in [0, 0.05) is 142 Å². The van der Waals surface area contributed by atoms with E-state index in [1.165, 1.54) is 29.3 Å². The molecule has 4 fully saturated rings. The number of imide groups is 1. The summed E-state index contributed by atoms with van der Waals surface area (Å²) in [5.41, 5.74) is 6.12. The number of nitrogens with one attached hydrogen (secondary N) is 4. The lowest BCUT2D eigenvalue weighted by Gasteiger charge is -2.39. The number of hydrogen-bond donors (Lipinski definition) is 4. The van der Waals surface area contributed by atoms with Gasteiger partial charge in [-0.3, -0.25) is 39.5 Å². The zero-order valence-corrected chi connectivity index (χ0v) is 52.0. The molecule has 5 aliphatic heterocycles. The molecule has 7 heterocycles. The molecule has 0 bridgehead atoms. The number of anilines is 2. The van der Waals surface area contributed by atoms with E-state index in [0.29, 0.717) is 119 Å². The summed E-state index contributed by atoms with van der Waals surface area (Å²) in [6.45, 7) is 9.66. The summed E-state index contributed by atoms with van der Waals surface area (Å²) in [7, 11) is -4.62. The molecule has 0 radical (unpaired) electrons. The van der Waals surface area contributed by atoms with E-state index in [0.717, 1.165) is 77.6 Å². The number of piperazine rings is 1. The van der Waals surface area contributed by atoms with Crippen LogP contribution in [0.25, 0.3) is 22.2 Å². The number of piperidine rings is 1. The van der Waals surface area contributed by atoms with Crippen LogP contribution >= 0.6 is 11.6 Å². The summed E-state index contributed by atoms with van der Waals surface area (Å²) >= 11 is 6.36. The van der Waals surface area contributed by atoms with E-state index in [-0.39, 0.29) is 54.3 Å². The maximum atomic E-state index is 14.1. The molecular formula is C67H69ClN10O13S. The number of halogens is 1. The number of hydrogen-bond acceptors (Lipinski definition) is 18. The number of carbonyl (C=O) groups is 4. The quantitative estimate of drug-likeness (QED) is 0.0147. The Morgan fingerprint density at radius 2 is 1.64 bits per heavy atom. The Morgan fingerprint density at radius 1 is 0.848 bits per heavy atom. The van der Waals surface area contributed by atoms with Crippen molar-refractivity contribution in [2.75, 3.05) is 109 Å². The molecule has 0 aliphatic carbocycles. The van der Waals surface area contributed by atoms with Crippen LogP contribution in [-0.2, 0) is 46.9 Å². The van der Waals surface area contributed by atoms with Gasteiger partial charge in [-0.25, -0.2) is 18.1 Å². The Bertz CT molecular complexity index is 4080. The van der Waals surface area contributed by atoms with Crippen molar-refractivity contribution in [2.24, 2.45) is 11.8 Å². The number of aromatic amines is 1. The molecular weight excluding hydrogens is 1220 g/mol. The molecule has 1 unspecified atom stereocenters. The van der Waals surface area contributed by atoms with E-state index in [1.54, 1.807) is 36.5 Å². The maximum Gasteiger partial charge on any atom is 0.293 e. The number of amides is 4. The molecule has 4 saturated heterocycles. The highest BCUT2D eigenvalue weighted by molar-refractivity contribution is 7.90. The highest BCUT2D eigenvalue weighted by atomic mass is 35.5. The number of benzene rings is 5. The second-order valence-electron chi connectivity index (χ2n) is 23.4. The van der Waals surface area contributed by atoms with Crippen LogP contribution in [0.15, 0.2) is 126 Å². The Hall–Kier alpha value is -8.93. The van der Waals surface area contributed by atoms with Crippen molar-refractivity contribution in [3.63, 3.8) is 0 Å². The largest absolute Gasteiger partial charge is 0.493 e. The van der Waals surface area contributed by atoms with Crippen LogP contribution in [0, 0.1) is 33.8 Å². The van der Waals surface area contributed by atoms with Crippen molar-refractivity contribution in [2.45, 2.75) is 49.7 Å². The van der Waals surface area contributed by atoms with Gasteiger partial charge in [0.15, 0.2) is 0 Å². The smallest absolute Gasteiger partial charge is 0.293 e. The van der Waals surface area contributed by atoms with E-state index in [9.17, 15) is 37.7 Å². The number of rotatable bonds is 24. The minimum absolute atomic E-state index is 0.0783. The van der Waals surface area contributed by atoms with Crippen LogP contribution in [0.3, 0.4) is 0 Å². The average Bonchev–Trinajstić information content (AvgIpc) is 1.62. The van der Waals surface area contributed by atoms with Gasteiger partial charge in [-0.1, -0.05) is 53.8 Å². The first-order chi connectivity index (χ1) is 44.7. The number of nitro benzene ring substituents is 1. The fourth-order valence-electron chi connectivity index (χ4n) is 12.2. The predicted octanol–water partition coefficient (Wildman–Crippen LogP) is 8.02. The molecule has 2 aromatic heterocycles. The molecule has 4 N–H and O–H groups in total. The third-order valence-corrected chi connectivity index (χ3v) is 18.8. The molecule has 25 heteroatoms. The zero-order valence-electron chi connectivity index (χ0n) is 50.4. The third kappa shape index (κ3) is 15.0. The minimum Gasteiger partial charge on any atom is -0.493 e. The highest BCUT2D eigenvalue weighted by Gasteiger charge is 2.40. The van der Waals surface area contributed by atoms with Crippen LogP contribution in [0.2, 0.25) is 5.02 Å². The normalized spacial score (nSPS) is 17.4. The fraction of sp³-hybridized carbons (Fsp3) is 0.358. The molecule has 478 valence electrons. The van der Waals surface area contributed by atoms with Crippen molar-refractivity contribution >= 4 is 73.3 Å². The molecule has 12 rings (SSSR count). The topological polar surface area (TPSA) is 269 Å². The number of likely N-dealkylation sites (tertiary alicyclic amines) is 1. The second-order valence-corrected chi connectivity index (χ2v) is 25.5. The van der Waals surface area contributed by atoms with Crippen LogP contribution in [-0.4, -0.2) is 166 Å². The number of nitrogens with zero attached hydrogens (tertiary/aromatic N) is 6. The molecule has 5 aromatic carbocycles. The Kier molecular flexibility index (Phi) is 19.7. The van der Waals surface area contributed by atoms with Crippen molar-refractivity contribution in [1.82, 2.24) is 34.7 Å². The molecule has 4 amide bonds. The number of fused-ring (bicyclic) bond motifs is 2. The summed E-state index contributed by atoms with van der Waals surface area (Å²) in [6.07, 6.45) is 5.34. The van der Waals surface area contributed by atoms with E-state index in [4.69, 9.17) is 35.3 Å². The standard InChI is InChI=1S/C67H69ClN10O13S/c68-49-11-9-47(10-12-49)53-6-2-8-61(90-43-45-39-75(40-45)27-31-89-33-32-87-28-3-5-46-4-1-7-54-56(46)42-77(67(54)82)59-17-18-63(79)72-66(59)81)57(53)41-74-23-25-76(26-24-74)50-13-15-55(62(35-50)91-51-34-48-19-22-69-64(48)71-38-51)65(80)73-92(85,86)52-14-16-58(60(36-52)78(83)84)70-37-44-20-29-88-30-21-44/h1-2,4,6-16,19,22,34-36,38,44-45,59,70H,17-18,20-21,23-33,37,39-43H2,(H,69,71)(H,73,80)(H,72,79,81). The Balaban J connectivity index is 0.636. The number of aromatic nitrogens is 2. The van der Waals surface area contributed by atoms with Gasteiger partial charge in [0.2, 0.25) is 11.8 Å². The van der Waals surface area contributed by atoms with Gasteiger partial charge in [0.05, 0.1) is 48.0 Å². The van der Waals surface area contributed by atoms with Crippen LogP contribution in [0.1, 0.15) is 63.1 Å². The van der Waals surface area contributed by atoms with Gasteiger partial charge in [0.1, 0.15) is 41.2 Å². The van der Waals surface area contributed by atoms with Crippen LogP contribution < -0.4 is 29.7 Å². The Labute approximate surface area is 536 Å². The summed E-state index contributed by atoms with van der Waals surface area (Å²) in [6, 6.07) is 30.7. The van der Waals surface area contributed by atoms with E-state index in [2.05, 4.69) is 57.9 Å². The number of ether oxygens (including phenoxy) is 5. The lowest BCUT2D eigenvalue weighted by atomic mass is 9.97. The number of nitro groups is 1. The molecule has 0 saturated carbocycles. The third-order valence-electron chi connectivity index (χ3n) is 17.3. The Morgan fingerprint density at radius 3 is 2.45 bits per heavy atom. The number of H-pyrrole nitrogens is 1. The molecule has 1 atom stereocenters. The average molecular weight is 1290 g/mol. The van der Waals surface area contributed by atoms with Crippen LogP contribution in [0.4, 0.5) is 17.1 Å². The molecule has 5 aliphatic rings. The highest BCUT2D eigenvalue weighted by Crippen LogP contribution is 2.37. The minimum atomic E-state index is -4.62. The van der Waals surface area contributed by atoms with Gasteiger partial charge in [-0.05, 0) is 109 Å². The predicted molar refractivity (Wildman–Crippen MR) is 343 cm³/mol. The fourth-order valence-corrected chi connectivity index (χ4v) is 13.3. The van der Waals surface area contributed by atoms with Crippen molar-refractivity contribution < 1.29 is 56.2 Å². The lowest BCUT2D eigenvalue weighted by molar-refractivity contribution is -0.384. The van der Waals surface area contributed by atoms with Crippen molar-refractivity contribution in [1.29, 1.82) is 0 Å². The maximum absolute atomic E-state index is 14.1. The molecule has 23 nitrogen and oxygen atoms in total. The first-order valence-electron chi connectivity index (χ1n) is 30.7. The summed E-state index contributed by atoms with van der Waals surface area (Å²) in [4.78, 5) is 78.5. The van der Waals surface area contributed by atoms with Gasteiger partial charge in [-0.2, -0.15) is 0 Å². The zero-order chi connectivity index (χ0) is 63.7. The van der Waals surface area contributed by atoms with Gasteiger partial charge in [0.25, 0.3) is 27.5 Å². The number of sulfonamides is 1. The first-order valence-corrected chi connectivity index (χ1v) is 32.6. The van der Waals surface area contributed by atoms with E-state index >= 15 is 0 Å². The van der Waals surface area contributed by atoms with E-state index < -0.39 is 43.4 Å². The van der Waals surface area contributed by atoms with Gasteiger partial charge in [-0.15, -0.1) is 0 Å². The number of carbonyl (C=O) groups excluding carboxylic acids is 4. The summed E-state index contributed by atoms with van der Waals surface area (Å²) in [5.74, 6) is 5.92. The van der Waals surface area contributed by atoms with E-state index in [1.807, 2.05) is 48.5 Å². The SMILES string of the molecule is O=C1CCC(N2Cc3c(C#CCOCCOCCN4CC(COc5cccc(-c6ccc(Cl)cc6)c5CN5CCN(c6ccc(C(=O)NS(=O)(=O)c7ccc(NCC8CCOCC8)c([N+](=O)[O-])c7)c(Oc7cnc8[nH]ccc8c7)c6)CC5)C4)cccc3C2=O)C(=O)N1. The summed E-state index contributed by atoms with van der Waals surface area (Å²) < 4.78 is 60.0. The lowest BCUT2D eigenvalue weighted by Crippen LogP contribution is -2.52. The van der Waals surface area contributed by atoms with Crippen molar-refractivity contribution in [3.05, 3.63) is 165 Å². The monoisotopic (exact) mass is 1290 g/mol. The van der Waals surface area contributed by atoms with Crippen molar-refractivity contribution in [3.8, 4) is 40.2 Å². The number of pyridine rings is 1. The van der Waals surface area contributed by atoms with Crippen LogP contribution in [0.5, 0.6) is 17.2 Å².